The van der Waals surface area contributed by atoms with Gasteiger partial charge in [0.25, 0.3) is 0 Å². The van der Waals surface area contributed by atoms with E-state index in [0.717, 1.165) is 17.2 Å². The van der Waals surface area contributed by atoms with Crippen LogP contribution >= 0.6 is 24.0 Å². The van der Waals surface area contributed by atoms with E-state index in [1.807, 2.05) is 35.7 Å². The summed E-state index contributed by atoms with van der Waals surface area (Å²) in [4.78, 5) is 29.4. The van der Waals surface area contributed by atoms with Crippen LogP contribution in [0.5, 0.6) is 0 Å². The van der Waals surface area contributed by atoms with Crippen LogP contribution in [0.1, 0.15) is 19.8 Å². The average Bonchev–Trinajstić information content (AvgIpc) is 2.83. The molecule has 0 aliphatic carbocycles. The molecule has 0 aromatic carbocycles. The predicted octanol–water partition coefficient (Wildman–Crippen LogP) is 1.40. The molecule has 2 saturated heterocycles. The van der Waals surface area contributed by atoms with Gasteiger partial charge in [-0.05, 0) is 19.8 Å². The minimum atomic E-state index is -0.218. The lowest BCUT2D eigenvalue weighted by molar-refractivity contribution is -0.129. The van der Waals surface area contributed by atoms with Crippen molar-refractivity contribution in [3.8, 4) is 0 Å². The van der Waals surface area contributed by atoms with Gasteiger partial charge in [0.1, 0.15) is 10.4 Å². The average molecular weight is 345 g/mol. The first-order valence-corrected chi connectivity index (χ1v) is 8.87. The van der Waals surface area contributed by atoms with Crippen molar-refractivity contribution in [1.82, 2.24) is 14.7 Å². The van der Waals surface area contributed by atoms with Gasteiger partial charge in [0.2, 0.25) is 5.91 Å². The molecule has 2 aliphatic rings. The van der Waals surface area contributed by atoms with E-state index in [9.17, 15) is 9.59 Å². The van der Waals surface area contributed by atoms with Crippen LogP contribution in [0, 0.1) is 0 Å². The topological polar surface area (TPSA) is 53.1 Å². The second-order valence-electron chi connectivity index (χ2n) is 5.91. The number of carbonyl (C=O) groups is 2. The third-order valence-electron chi connectivity index (χ3n) is 3.93. The van der Waals surface area contributed by atoms with E-state index in [0.29, 0.717) is 25.4 Å². The molecule has 0 aromatic rings. The van der Waals surface area contributed by atoms with Gasteiger partial charge in [-0.25, -0.2) is 4.79 Å². The van der Waals surface area contributed by atoms with Crippen LogP contribution < -0.4 is 0 Å². The normalized spacial score (nSPS) is 22.7. The fourth-order valence-electron chi connectivity index (χ4n) is 2.70. The zero-order valence-corrected chi connectivity index (χ0v) is 14.9. The lowest BCUT2D eigenvalue weighted by Crippen LogP contribution is -2.47. The van der Waals surface area contributed by atoms with Crippen molar-refractivity contribution in [1.29, 1.82) is 0 Å². The monoisotopic (exact) mass is 345 g/mol. The summed E-state index contributed by atoms with van der Waals surface area (Å²) in [6, 6.07) is 0.192. The fourth-order valence-corrected chi connectivity index (χ4v) is 3.56. The highest BCUT2D eigenvalue weighted by Crippen LogP contribution is 2.22. The number of thioether (sulfide) groups is 1. The maximum absolute atomic E-state index is 12.2. The number of ether oxygens (including phenoxy) is 1. The van der Waals surface area contributed by atoms with Crippen molar-refractivity contribution < 1.29 is 14.3 Å². The summed E-state index contributed by atoms with van der Waals surface area (Å²) in [5.74, 6) is 0.495. The molecule has 8 heteroatoms. The molecule has 2 aliphatic heterocycles. The Morgan fingerprint density at radius 1 is 1.41 bits per heavy atom. The van der Waals surface area contributed by atoms with Gasteiger partial charge in [-0.15, -0.1) is 0 Å². The maximum Gasteiger partial charge on any atom is 0.410 e. The lowest BCUT2D eigenvalue weighted by Gasteiger charge is -2.35. The molecule has 0 saturated carbocycles. The number of hydrogen-bond donors (Lipinski definition) is 0. The summed E-state index contributed by atoms with van der Waals surface area (Å²) in [6.07, 6.45) is 1.38. The van der Waals surface area contributed by atoms with Gasteiger partial charge in [-0.2, -0.15) is 0 Å². The summed E-state index contributed by atoms with van der Waals surface area (Å²) in [6.45, 7) is 3.94. The third-order valence-corrected chi connectivity index (χ3v) is 5.65. The molecule has 0 bridgehead atoms. The van der Waals surface area contributed by atoms with Crippen LogP contribution in [-0.2, 0) is 9.53 Å². The van der Waals surface area contributed by atoms with Crippen molar-refractivity contribution in [2.24, 2.45) is 0 Å². The Hall–Kier alpha value is -1.02. The summed E-state index contributed by atoms with van der Waals surface area (Å²) in [5.41, 5.74) is 0. The molecule has 0 radical (unpaired) electrons. The van der Waals surface area contributed by atoms with Crippen LogP contribution in [-0.4, -0.2) is 82.6 Å². The Morgan fingerprint density at radius 3 is 2.55 bits per heavy atom. The Labute approximate surface area is 141 Å². The van der Waals surface area contributed by atoms with Crippen molar-refractivity contribution in [3.63, 3.8) is 0 Å². The molecular weight excluding hydrogens is 322 g/mol. The van der Waals surface area contributed by atoms with Crippen molar-refractivity contribution >= 4 is 40.3 Å². The Kier molecular flexibility index (Phi) is 5.91. The van der Waals surface area contributed by atoms with Crippen LogP contribution in [0.4, 0.5) is 4.79 Å². The Morgan fingerprint density at radius 2 is 2.05 bits per heavy atom. The number of thiocarbonyl (C=S) groups is 1. The van der Waals surface area contributed by atoms with Crippen molar-refractivity contribution in [3.05, 3.63) is 0 Å². The first-order valence-electron chi connectivity index (χ1n) is 7.47. The molecule has 6 nitrogen and oxygen atoms in total. The van der Waals surface area contributed by atoms with E-state index in [2.05, 4.69) is 0 Å². The number of rotatable bonds is 3. The zero-order valence-electron chi connectivity index (χ0n) is 13.3. The van der Waals surface area contributed by atoms with Gasteiger partial charge in [-0.1, -0.05) is 24.0 Å². The van der Waals surface area contributed by atoms with E-state index in [4.69, 9.17) is 17.0 Å². The number of cyclic esters (lactones) is 1. The molecule has 2 rings (SSSR count). The molecule has 2 fully saturated rings. The minimum absolute atomic E-state index is 0.0318. The summed E-state index contributed by atoms with van der Waals surface area (Å²) in [5, 5.41) is 0. The van der Waals surface area contributed by atoms with Crippen LogP contribution in [0.3, 0.4) is 0 Å². The Balaban J connectivity index is 1.76. The SMILES string of the molecule is CC1CN(C2CCN(C(=O)CSC(=S)N(C)C)CC2)C(=O)O1. The molecule has 0 aromatic heterocycles. The van der Waals surface area contributed by atoms with E-state index >= 15 is 0 Å². The minimum Gasteiger partial charge on any atom is -0.444 e. The first-order chi connectivity index (χ1) is 10.4. The van der Waals surface area contributed by atoms with Gasteiger partial charge in [0, 0.05) is 33.2 Å². The maximum atomic E-state index is 12.2. The Bertz CT molecular complexity index is 451. The lowest BCUT2D eigenvalue weighted by atomic mass is 10.0. The van der Waals surface area contributed by atoms with Crippen LogP contribution in [0.25, 0.3) is 0 Å². The van der Waals surface area contributed by atoms with E-state index in [1.54, 1.807) is 0 Å². The molecule has 2 amide bonds. The van der Waals surface area contributed by atoms with Crippen LogP contribution in [0.15, 0.2) is 0 Å². The van der Waals surface area contributed by atoms with Gasteiger partial charge in [0.05, 0.1) is 12.3 Å². The molecule has 1 unspecified atom stereocenters. The van der Waals surface area contributed by atoms with Gasteiger partial charge < -0.3 is 19.4 Å². The smallest absolute Gasteiger partial charge is 0.410 e. The summed E-state index contributed by atoms with van der Waals surface area (Å²) in [7, 11) is 3.75. The van der Waals surface area contributed by atoms with E-state index in [-0.39, 0.29) is 24.1 Å². The number of likely N-dealkylation sites (tertiary alicyclic amines) is 1. The molecule has 22 heavy (non-hydrogen) atoms. The fraction of sp³-hybridized carbons (Fsp3) is 0.786. The molecule has 124 valence electrons. The largest absolute Gasteiger partial charge is 0.444 e. The second-order valence-corrected chi connectivity index (χ2v) is 7.52. The number of piperidine rings is 1. The number of nitrogens with zero attached hydrogens (tertiary/aromatic N) is 3. The van der Waals surface area contributed by atoms with Crippen LogP contribution in [0.2, 0.25) is 0 Å². The van der Waals surface area contributed by atoms with E-state index < -0.39 is 0 Å². The van der Waals surface area contributed by atoms with Crippen molar-refractivity contribution in [2.45, 2.75) is 31.9 Å². The predicted molar refractivity (Wildman–Crippen MR) is 91.0 cm³/mol. The number of hydrogen-bond acceptors (Lipinski definition) is 5. The molecule has 0 N–H and O–H groups in total. The highest BCUT2D eigenvalue weighted by molar-refractivity contribution is 8.23. The molecule has 1 atom stereocenters. The second kappa shape index (κ2) is 7.50. The van der Waals surface area contributed by atoms with E-state index in [1.165, 1.54) is 11.8 Å². The number of carbonyl (C=O) groups excluding carboxylic acids is 2. The highest BCUT2D eigenvalue weighted by Gasteiger charge is 2.36. The quantitative estimate of drug-likeness (QED) is 0.721. The highest BCUT2D eigenvalue weighted by atomic mass is 32.2. The number of amides is 2. The summed E-state index contributed by atoms with van der Waals surface area (Å²) < 4.78 is 5.89. The van der Waals surface area contributed by atoms with Gasteiger partial charge in [0.15, 0.2) is 0 Å². The zero-order chi connectivity index (χ0) is 16.3. The first kappa shape index (κ1) is 17.3. The standard InChI is InChI=1S/C14H23N3O3S2/c1-10-8-17(13(19)20-10)11-4-6-16(7-5-11)12(18)9-22-14(21)15(2)3/h10-11H,4-9H2,1-3H3. The molecular formula is C14H23N3O3S2. The third kappa shape index (κ3) is 4.25. The molecule has 2 heterocycles. The van der Waals surface area contributed by atoms with Gasteiger partial charge >= 0.3 is 6.09 Å². The van der Waals surface area contributed by atoms with Crippen molar-refractivity contribution in [2.75, 3.05) is 39.5 Å². The van der Waals surface area contributed by atoms with Gasteiger partial charge in [-0.3, -0.25) is 4.79 Å². The molecule has 0 spiro atoms. The summed E-state index contributed by atoms with van der Waals surface area (Å²) >= 11 is 6.57.